The molecular formula is C11H17ClN2O2. The first-order valence-electron chi connectivity index (χ1n) is 5.01. The van der Waals surface area contributed by atoms with Gasteiger partial charge in [-0.1, -0.05) is 12.1 Å². The molecule has 90 valence electrons. The van der Waals surface area contributed by atoms with E-state index in [0.29, 0.717) is 12.2 Å². The number of esters is 1. The SMILES string of the molecule is CCOC(=O)c1ccc(C(C)[NH2+]N)cc1.[Cl-]. The van der Waals surface area contributed by atoms with Gasteiger partial charge in [0.1, 0.15) is 6.04 Å². The van der Waals surface area contributed by atoms with Crippen molar-refractivity contribution in [2.45, 2.75) is 19.9 Å². The van der Waals surface area contributed by atoms with Gasteiger partial charge in [-0.2, -0.15) is 5.84 Å². The summed E-state index contributed by atoms with van der Waals surface area (Å²) in [6.45, 7) is 4.19. The van der Waals surface area contributed by atoms with Gasteiger partial charge in [-0.15, -0.1) is 0 Å². The Morgan fingerprint density at radius 2 is 2.00 bits per heavy atom. The molecule has 4 N–H and O–H groups in total. The van der Waals surface area contributed by atoms with Crippen LogP contribution in [-0.4, -0.2) is 12.6 Å². The third-order valence-electron chi connectivity index (χ3n) is 2.24. The molecule has 0 aromatic heterocycles. The molecule has 0 aliphatic rings. The Balaban J connectivity index is 0.00000225. The Bertz CT molecular complexity index is 327. The number of ether oxygens (including phenoxy) is 1. The highest BCUT2D eigenvalue weighted by Crippen LogP contribution is 2.10. The summed E-state index contributed by atoms with van der Waals surface area (Å²) >= 11 is 0. The Morgan fingerprint density at radius 1 is 1.44 bits per heavy atom. The van der Waals surface area contributed by atoms with E-state index in [-0.39, 0.29) is 24.4 Å². The Morgan fingerprint density at radius 3 is 2.44 bits per heavy atom. The van der Waals surface area contributed by atoms with Gasteiger partial charge in [0, 0.05) is 5.56 Å². The van der Waals surface area contributed by atoms with Crippen molar-refractivity contribution in [3.63, 3.8) is 0 Å². The van der Waals surface area contributed by atoms with Gasteiger partial charge in [0.05, 0.1) is 12.2 Å². The zero-order valence-electron chi connectivity index (χ0n) is 9.44. The van der Waals surface area contributed by atoms with E-state index in [1.54, 1.807) is 24.5 Å². The second kappa shape index (κ2) is 7.22. The molecule has 1 aromatic rings. The number of carbonyl (C=O) groups is 1. The zero-order valence-corrected chi connectivity index (χ0v) is 10.2. The molecule has 0 bridgehead atoms. The number of hydrogen-bond acceptors (Lipinski definition) is 3. The van der Waals surface area contributed by atoms with Crippen LogP contribution in [0.25, 0.3) is 0 Å². The first-order chi connectivity index (χ1) is 7.19. The van der Waals surface area contributed by atoms with Crippen LogP contribution in [0.15, 0.2) is 24.3 Å². The highest BCUT2D eigenvalue weighted by atomic mass is 35.5. The van der Waals surface area contributed by atoms with E-state index >= 15 is 0 Å². The van der Waals surface area contributed by atoms with Crippen LogP contribution >= 0.6 is 0 Å². The summed E-state index contributed by atoms with van der Waals surface area (Å²) in [4.78, 5) is 11.3. The van der Waals surface area contributed by atoms with Gasteiger partial charge in [-0.05, 0) is 26.0 Å². The minimum Gasteiger partial charge on any atom is -1.00 e. The van der Waals surface area contributed by atoms with Gasteiger partial charge in [0.15, 0.2) is 0 Å². The maximum absolute atomic E-state index is 11.3. The number of benzene rings is 1. The van der Waals surface area contributed by atoms with E-state index in [0.717, 1.165) is 5.56 Å². The number of quaternary nitrogens is 1. The topological polar surface area (TPSA) is 68.9 Å². The average molecular weight is 245 g/mol. The lowest BCUT2D eigenvalue weighted by atomic mass is 10.1. The fraction of sp³-hybridized carbons (Fsp3) is 0.364. The van der Waals surface area contributed by atoms with Gasteiger partial charge in [0.25, 0.3) is 0 Å². The second-order valence-electron chi connectivity index (χ2n) is 3.32. The lowest BCUT2D eigenvalue weighted by molar-refractivity contribution is -0.705. The van der Waals surface area contributed by atoms with Crippen molar-refractivity contribution in [1.29, 1.82) is 0 Å². The van der Waals surface area contributed by atoms with Gasteiger partial charge in [-0.3, -0.25) is 5.43 Å². The predicted molar refractivity (Wildman–Crippen MR) is 56.9 cm³/mol. The van der Waals surface area contributed by atoms with E-state index in [4.69, 9.17) is 10.6 Å². The van der Waals surface area contributed by atoms with Crippen LogP contribution in [0.2, 0.25) is 0 Å². The van der Waals surface area contributed by atoms with Crippen LogP contribution in [0.5, 0.6) is 0 Å². The normalized spacial score (nSPS) is 11.4. The summed E-state index contributed by atoms with van der Waals surface area (Å²) in [6, 6.07) is 7.49. The third-order valence-corrected chi connectivity index (χ3v) is 2.24. The second-order valence-corrected chi connectivity index (χ2v) is 3.32. The van der Waals surface area contributed by atoms with Crippen molar-refractivity contribution >= 4 is 5.97 Å². The first kappa shape index (κ1) is 14.9. The van der Waals surface area contributed by atoms with Crippen LogP contribution in [0.1, 0.15) is 35.8 Å². The summed E-state index contributed by atoms with van der Waals surface area (Å²) in [5.74, 6) is 5.15. The molecule has 0 radical (unpaired) electrons. The van der Waals surface area contributed by atoms with E-state index in [1.807, 2.05) is 19.1 Å². The summed E-state index contributed by atoms with van der Waals surface area (Å²) in [5, 5.41) is 0. The standard InChI is InChI=1S/C11H16N2O2.ClH/c1-3-15-11(14)10-6-4-9(5-7-10)8(2)13-12;/h4-8,13H,3,12H2,1-2H3;1H. The largest absolute Gasteiger partial charge is 1.00 e. The molecule has 0 aliphatic carbocycles. The Hall–Kier alpha value is -1.10. The molecule has 16 heavy (non-hydrogen) atoms. The number of rotatable bonds is 4. The molecular weight excluding hydrogens is 228 g/mol. The van der Waals surface area contributed by atoms with Gasteiger partial charge in [-0.25, -0.2) is 4.79 Å². The van der Waals surface area contributed by atoms with E-state index in [2.05, 4.69) is 0 Å². The number of hydrogen-bond donors (Lipinski definition) is 2. The maximum atomic E-state index is 11.3. The molecule has 4 nitrogen and oxygen atoms in total. The van der Waals surface area contributed by atoms with Crippen molar-refractivity contribution in [2.24, 2.45) is 5.84 Å². The zero-order chi connectivity index (χ0) is 11.3. The van der Waals surface area contributed by atoms with Crippen LogP contribution < -0.4 is 23.7 Å². The van der Waals surface area contributed by atoms with Crippen LogP contribution in [-0.2, 0) is 4.74 Å². The molecule has 0 aliphatic heterocycles. The fourth-order valence-electron chi connectivity index (χ4n) is 1.25. The fourth-order valence-corrected chi connectivity index (χ4v) is 1.25. The van der Waals surface area contributed by atoms with Crippen molar-refractivity contribution < 1.29 is 27.4 Å². The van der Waals surface area contributed by atoms with Crippen molar-refractivity contribution in [1.82, 2.24) is 0 Å². The van der Waals surface area contributed by atoms with Crippen LogP contribution in [0.3, 0.4) is 0 Å². The summed E-state index contributed by atoms with van der Waals surface area (Å²) < 4.78 is 4.88. The van der Waals surface area contributed by atoms with Crippen LogP contribution in [0.4, 0.5) is 0 Å². The smallest absolute Gasteiger partial charge is 0.338 e. The molecule has 1 rings (SSSR count). The highest BCUT2D eigenvalue weighted by molar-refractivity contribution is 5.89. The van der Waals surface area contributed by atoms with Gasteiger partial charge < -0.3 is 17.1 Å². The Labute approximate surface area is 102 Å². The molecule has 1 aromatic carbocycles. The van der Waals surface area contributed by atoms with Crippen molar-refractivity contribution in [3.05, 3.63) is 35.4 Å². The van der Waals surface area contributed by atoms with Gasteiger partial charge >= 0.3 is 5.97 Å². The molecule has 0 saturated heterocycles. The molecule has 0 fully saturated rings. The van der Waals surface area contributed by atoms with E-state index in [1.165, 1.54) is 0 Å². The number of halogens is 1. The summed E-state index contributed by atoms with van der Waals surface area (Å²) in [6.07, 6.45) is 0. The molecule has 0 saturated carbocycles. The molecule has 0 spiro atoms. The first-order valence-corrected chi connectivity index (χ1v) is 5.01. The summed E-state index contributed by atoms with van der Waals surface area (Å²) in [5.41, 5.74) is 3.29. The lowest BCUT2D eigenvalue weighted by Crippen LogP contribution is -3.00. The van der Waals surface area contributed by atoms with E-state index < -0.39 is 0 Å². The minimum atomic E-state index is -0.284. The number of nitrogens with two attached hydrogens (primary N) is 2. The van der Waals surface area contributed by atoms with Gasteiger partial charge in [0.2, 0.25) is 0 Å². The quantitative estimate of drug-likeness (QED) is 0.346. The molecule has 1 unspecified atom stereocenters. The van der Waals surface area contributed by atoms with Crippen molar-refractivity contribution in [2.75, 3.05) is 6.61 Å². The molecule has 1 atom stereocenters. The third kappa shape index (κ3) is 3.81. The van der Waals surface area contributed by atoms with Crippen LogP contribution in [0, 0.1) is 0 Å². The molecule has 0 amide bonds. The lowest BCUT2D eigenvalue weighted by Gasteiger charge is -2.07. The predicted octanol–water partition coefficient (Wildman–Crippen LogP) is -2.63. The maximum Gasteiger partial charge on any atom is 0.338 e. The molecule has 0 heterocycles. The average Bonchev–Trinajstić information content (AvgIpc) is 2.28. The minimum absolute atomic E-state index is 0. The van der Waals surface area contributed by atoms with Crippen molar-refractivity contribution in [3.8, 4) is 0 Å². The summed E-state index contributed by atoms with van der Waals surface area (Å²) in [7, 11) is 0. The van der Waals surface area contributed by atoms with E-state index in [9.17, 15) is 4.79 Å². The number of carbonyl (C=O) groups excluding carboxylic acids is 1. The Kier molecular flexibility index (Phi) is 6.72. The monoisotopic (exact) mass is 244 g/mol. The molecule has 5 heteroatoms. The highest BCUT2D eigenvalue weighted by Gasteiger charge is 2.09.